The number of piperidine rings is 1. The molecular formula is C20H16BrNO4. The van der Waals surface area contributed by atoms with Crippen molar-refractivity contribution in [2.24, 2.45) is 11.8 Å². The lowest BCUT2D eigenvalue weighted by Crippen LogP contribution is -2.57. The molecule has 0 aromatic heterocycles. The number of imide groups is 1. The Bertz CT molecular complexity index is 908. The molecule has 5 nitrogen and oxygen atoms in total. The Balaban J connectivity index is 1.84. The number of esters is 1. The van der Waals surface area contributed by atoms with Crippen molar-refractivity contribution in [2.45, 2.75) is 19.3 Å². The van der Waals surface area contributed by atoms with Crippen LogP contribution in [0, 0.1) is 11.8 Å². The largest absolute Gasteiger partial charge is 0.426 e. The zero-order valence-corrected chi connectivity index (χ0v) is 15.6. The van der Waals surface area contributed by atoms with Crippen molar-refractivity contribution < 1.29 is 19.1 Å². The van der Waals surface area contributed by atoms with E-state index in [9.17, 15) is 14.4 Å². The average molecular weight is 414 g/mol. The molecule has 1 saturated heterocycles. The lowest BCUT2D eigenvalue weighted by atomic mass is 9.70. The van der Waals surface area contributed by atoms with Gasteiger partial charge in [-0.1, -0.05) is 41.1 Å². The third-order valence-electron chi connectivity index (χ3n) is 5.08. The topological polar surface area (TPSA) is 63.7 Å². The smallest absolute Gasteiger partial charge is 0.324 e. The summed E-state index contributed by atoms with van der Waals surface area (Å²) in [6.07, 6.45) is 0.530. The maximum Gasteiger partial charge on any atom is 0.324 e. The number of halogens is 1. The van der Waals surface area contributed by atoms with E-state index in [0.717, 1.165) is 14.9 Å². The molecule has 2 aromatic carbocycles. The minimum atomic E-state index is -1.00. The number of nitrogens with zero attached hydrogens (tertiary/aromatic N) is 1. The minimum absolute atomic E-state index is 0.273. The van der Waals surface area contributed by atoms with Crippen molar-refractivity contribution in [1.29, 1.82) is 0 Å². The molecule has 0 N–H and O–H groups in total. The standard InChI is InChI=1S/C20H16BrNO4/c1-2-13-16-14-5-3-4-6-15(14)26-20(25)17(16)19(24)22(18(13)23)12-9-7-11(21)8-10-12/h3-10,13,16-17H,2H2,1H3/t13-,16-,17-/m0/s1. The third-order valence-corrected chi connectivity index (χ3v) is 5.61. The quantitative estimate of drug-likeness (QED) is 0.326. The summed E-state index contributed by atoms with van der Waals surface area (Å²) in [6.45, 7) is 1.90. The first-order valence-corrected chi connectivity index (χ1v) is 9.26. The van der Waals surface area contributed by atoms with E-state index in [0.29, 0.717) is 17.9 Å². The molecule has 1 fully saturated rings. The SMILES string of the molecule is CC[C@@H]1C(=O)N(c2ccc(Br)cc2)C(=O)[C@H]2C(=O)Oc3ccccc3[C@@H]21. The Labute approximate surface area is 159 Å². The fourth-order valence-electron chi connectivity index (χ4n) is 3.89. The van der Waals surface area contributed by atoms with E-state index in [-0.39, 0.29) is 5.91 Å². The first kappa shape index (κ1) is 17.0. The Morgan fingerprint density at radius 3 is 2.38 bits per heavy atom. The van der Waals surface area contributed by atoms with Crippen LogP contribution in [-0.2, 0) is 14.4 Å². The Kier molecular flexibility index (Phi) is 4.15. The molecule has 0 radical (unpaired) electrons. The zero-order chi connectivity index (χ0) is 18.4. The van der Waals surface area contributed by atoms with E-state index in [1.807, 2.05) is 19.1 Å². The van der Waals surface area contributed by atoms with Crippen LogP contribution in [0.5, 0.6) is 5.75 Å². The molecular weight excluding hydrogens is 398 g/mol. The van der Waals surface area contributed by atoms with Crippen molar-refractivity contribution >= 4 is 39.4 Å². The Morgan fingerprint density at radius 1 is 1.00 bits per heavy atom. The van der Waals surface area contributed by atoms with Crippen LogP contribution < -0.4 is 9.64 Å². The number of ether oxygens (including phenoxy) is 1. The van der Waals surface area contributed by atoms with Crippen LogP contribution in [0.15, 0.2) is 53.0 Å². The van der Waals surface area contributed by atoms with E-state index in [1.54, 1.807) is 36.4 Å². The second kappa shape index (κ2) is 6.36. The molecule has 0 spiro atoms. The second-order valence-electron chi connectivity index (χ2n) is 6.47. The number of carbonyl (C=O) groups is 3. The minimum Gasteiger partial charge on any atom is -0.426 e. The van der Waals surface area contributed by atoms with Gasteiger partial charge >= 0.3 is 5.97 Å². The van der Waals surface area contributed by atoms with Gasteiger partial charge < -0.3 is 4.74 Å². The van der Waals surface area contributed by atoms with Gasteiger partial charge in [0.1, 0.15) is 11.7 Å². The first-order valence-electron chi connectivity index (χ1n) is 8.47. The molecule has 2 aromatic rings. The van der Waals surface area contributed by atoms with Gasteiger partial charge in [0, 0.05) is 21.9 Å². The third kappa shape index (κ3) is 2.48. The molecule has 2 amide bonds. The summed E-state index contributed by atoms with van der Waals surface area (Å²) in [5, 5.41) is 0. The van der Waals surface area contributed by atoms with Crippen LogP contribution in [0.3, 0.4) is 0 Å². The molecule has 132 valence electrons. The fraction of sp³-hybridized carbons (Fsp3) is 0.250. The molecule has 6 heteroatoms. The molecule has 26 heavy (non-hydrogen) atoms. The van der Waals surface area contributed by atoms with Gasteiger partial charge in [-0.3, -0.25) is 14.4 Å². The van der Waals surface area contributed by atoms with Crippen LogP contribution >= 0.6 is 15.9 Å². The van der Waals surface area contributed by atoms with Crippen LogP contribution in [-0.4, -0.2) is 17.8 Å². The molecule has 0 saturated carbocycles. The number of hydrogen-bond donors (Lipinski definition) is 0. The predicted octanol–water partition coefficient (Wildman–Crippen LogP) is 3.67. The van der Waals surface area contributed by atoms with E-state index < -0.39 is 29.6 Å². The molecule has 2 aliphatic rings. The highest BCUT2D eigenvalue weighted by Gasteiger charge is 2.55. The molecule has 0 unspecified atom stereocenters. The molecule has 0 bridgehead atoms. The van der Waals surface area contributed by atoms with E-state index >= 15 is 0 Å². The highest BCUT2D eigenvalue weighted by Crippen LogP contribution is 2.48. The van der Waals surface area contributed by atoms with Gasteiger partial charge in [0.15, 0.2) is 0 Å². The number of hydrogen-bond acceptors (Lipinski definition) is 4. The highest BCUT2D eigenvalue weighted by atomic mass is 79.9. The monoisotopic (exact) mass is 413 g/mol. The molecule has 3 atom stereocenters. The second-order valence-corrected chi connectivity index (χ2v) is 7.38. The van der Waals surface area contributed by atoms with E-state index in [4.69, 9.17) is 4.74 Å². The maximum absolute atomic E-state index is 13.2. The van der Waals surface area contributed by atoms with Crippen molar-refractivity contribution in [3.8, 4) is 5.75 Å². The number of amides is 2. The van der Waals surface area contributed by atoms with Crippen LogP contribution in [0.4, 0.5) is 5.69 Å². The predicted molar refractivity (Wildman–Crippen MR) is 98.7 cm³/mol. The van der Waals surface area contributed by atoms with Crippen molar-refractivity contribution in [3.63, 3.8) is 0 Å². The molecule has 2 heterocycles. The van der Waals surface area contributed by atoms with Crippen LogP contribution in [0.25, 0.3) is 0 Å². The maximum atomic E-state index is 13.2. The van der Waals surface area contributed by atoms with Crippen molar-refractivity contribution in [2.75, 3.05) is 4.90 Å². The van der Waals surface area contributed by atoms with Gasteiger partial charge in [-0.2, -0.15) is 0 Å². The van der Waals surface area contributed by atoms with Gasteiger partial charge in [0.2, 0.25) is 11.8 Å². The van der Waals surface area contributed by atoms with Gasteiger partial charge in [0.05, 0.1) is 5.69 Å². The summed E-state index contributed by atoms with van der Waals surface area (Å²) in [5.74, 6) is -2.89. The van der Waals surface area contributed by atoms with Crippen molar-refractivity contribution in [3.05, 3.63) is 58.6 Å². The van der Waals surface area contributed by atoms with Crippen LogP contribution in [0.1, 0.15) is 24.8 Å². The summed E-state index contributed by atoms with van der Waals surface area (Å²) >= 11 is 3.35. The fourth-order valence-corrected chi connectivity index (χ4v) is 4.16. The average Bonchev–Trinajstić information content (AvgIpc) is 2.63. The summed E-state index contributed by atoms with van der Waals surface area (Å²) < 4.78 is 6.24. The van der Waals surface area contributed by atoms with Gasteiger partial charge in [0.25, 0.3) is 0 Å². The summed E-state index contributed by atoms with van der Waals surface area (Å²) in [5.41, 5.74) is 1.22. The Morgan fingerprint density at radius 2 is 1.69 bits per heavy atom. The van der Waals surface area contributed by atoms with Gasteiger partial charge in [-0.05, 0) is 36.8 Å². The molecule has 4 rings (SSSR count). The van der Waals surface area contributed by atoms with Gasteiger partial charge in [-0.15, -0.1) is 0 Å². The lowest BCUT2D eigenvalue weighted by molar-refractivity contribution is -0.151. The van der Waals surface area contributed by atoms with Gasteiger partial charge in [-0.25, -0.2) is 4.90 Å². The molecule has 2 aliphatic heterocycles. The number of anilines is 1. The summed E-state index contributed by atoms with van der Waals surface area (Å²) in [6, 6.07) is 14.0. The van der Waals surface area contributed by atoms with E-state index in [1.165, 1.54) is 0 Å². The van der Waals surface area contributed by atoms with Crippen LogP contribution in [0.2, 0.25) is 0 Å². The summed E-state index contributed by atoms with van der Waals surface area (Å²) in [4.78, 5) is 40.0. The number of fused-ring (bicyclic) bond motifs is 3. The molecule has 0 aliphatic carbocycles. The lowest BCUT2D eigenvalue weighted by Gasteiger charge is -2.42. The van der Waals surface area contributed by atoms with Crippen molar-refractivity contribution in [1.82, 2.24) is 0 Å². The number of para-hydroxylation sites is 1. The zero-order valence-electron chi connectivity index (χ0n) is 14.0. The van der Waals surface area contributed by atoms with E-state index in [2.05, 4.69) is 15.9 Å². The number of carbonyl (C=O) groups excluding carboxylic acids is 3. The number of benzene rings is 2. The summed E-state index contributed by atoms with van der Waals surface area (Å²) in [7, 11) is 0. The first-order chi connectivity index (χ1) is 12.5. The normalized spacial score (nSPS) is 24.8. The number of rotatable bonds is 2. The Hall–Kier alpha value is -2.47. The highest BCUT2D eigenvalue weighted by molar-refractivity contribution is 9.10.